The Morgan fingerprint density at radius 1 is 0.947 bits per heavy atom. The van der Waals surface area contributed by atoms with Gasteiger partial charge in [-0.1, -0.05) is 60.3 Å². The van der Waals surface area contributed by atoms with E-state index in [9.17, 15) is 19.5 Å². The lowest BCUT2D eigenvalue weighted by atomic mass is 9.91. The first kappa shape index (κ1) is 27.2. The van der Waals surface area contributed by atoms with E-state index >= 15 is 0 Å². The van der Waals surface area contributed by atoms with Crippen LogP contribution >= 0.6 is 11.8 Å². The molecule has 0 saturated carbocycles. The van der Waals surface area contributed by atoms with Gasteiger partial charge in [-0.3, -0.25) is 14.4 Å². The number of hydrogen-bond acceptors (Lipinski definition) is 9. The van der Waals surface area contributed by atoms with Crippen molar-refractivity contribution in [3.63, 3.8) is 0 Å². The lowest BCUT2D eigenvalue weighted by Gasteiger charge is -2.24. The van der Waals surface area contributed by atoms with Crippen LogP contribution in [0.2, 0.25) is 0 Å². The number of ketones is 1. The molecule has 8 nitrogen and oxygen atoms in total. The van der Waals surface area contributed by atoms with Crippen LogP contribution in [0.4, 0.5) is 0 Å². The first-order valence-corrected chi connectivity index (χ1v) is 13.1. The quantitative estimate of drug-likeness (QED) is 0.351. The summed E-state index contributed by atoms with van der Waals surface area (Å²) in [7, 11) is 0. The Bertz CT molecular complexity index is 1280. The Balaban J connectivity index is 1.55. The van der Waals surface area contributed by atoms with Crippen LogP contribution in [0, 0.1) is 5.92 Å². The molecule has 38 heavy (non-hydrogen) atoms. The van der Waals surface area contributed by atoms with Crippen LogP contribution in [0.25, 0.3) is 0 Å². The number of ether oxygens (including phenoxy) is 3. The van der Waals surface area contributed by atoms with Gasteiger partial charge in [-0.2, -0.15) is 0 Å². The van der Waals surface area contributed by atoms with Crippen molar-refractivity contribution < 1.29 is 33.7 Å². The highest BCUT2D eigenvalue weighted by molar-refractivity contribution is 8.13. The zero-order valence-electron chi connectivity index (χ0n) is 20.9. The van der Waals surface area contributed by atoms with Crippen molar-refractivity contribution in [2.24, 2.45) is 11.7 Å². The van der Waals surface area contributed by atoms with Gasteiger partial charge in [-0.05, 0) is 53.8 Å². The van der Waals surface area contributed by atoms with Crippen LogP contribution in [-0.4, -0.2) is 40.6 Å². The molecule has 0 radical (unpaired) electrons. The van der Waals surface area contributed by atoms with E-state index in [1.54, 1.807) is 48.5 Å². The van der Waals surface area contributed by atoms with E-state index < -0.39 is 24.0 Å². The Hall–Kier alpha value is -3.82. The number of Topliss-reactive ketones (excluding diaryl/α,β-unsaturated/α-hetero) is 1. The number of nitrogens with two attached hydrogens (primary N) is 1. The summed E-state index contributed by atoms with van der Waals surface area (Å²) in [5.74, 6) is -0.114. The number of benzene rings is 3. The molecule has 2 unspecified atom stereocenters. The Morgan fingerprint density at radius 3 is 2.34 bits per heavy atom. The number of esters is 1. The van der Waals surface area contributed by atoms with E-state index in [2.05, 4.69) is 0 Å². The van der Waals surface area contributed by atoms with E-state index in [1.165, 1.54) is 19.1 Å². The standard InChI is InChI=1S/C29H29NO7S/c1-18(31)38-16-22(13-20-9-12-25-26(15-20)36-17-35-25)27(33)28(21-5-3-2-4-6-21)37-29(34)24(30)14-19-7-10-23(32)11-8-19/h2-12,15,22,24,28,32H,13-14,16-17,30H2,1H3/t22-,24?,28?/m1/s1. The molecule has 3 atom stereocenters. The second-order valence-corrected chi connectivity index (χ2v) is 10.2. The zero-order valence-corrected chi connectivity index (χ0v) is 21.7. The molecule has 0 bridgehead atoms. The smallest absolute Gasteiger partial charge is 0.324 e. The van der Waals surface area contributed by atoms with Crippen LogP contribution in [0.5, 0.6) is 17.2 Å². The molecule has 9 heteroatoms. The number of hydrogen-bond donors (Lipinski definition) is 2. The summed E-state index contributed by atoms with van der Waals surface area (Å²) in [6.07, 6.45) is -0.702. The van der Waals surface area contributed by atoms with Crippen molar-refractivity contribution in [1.29, 1.82) is 0 Å². The molecule has 1 aliphatic rings. The van der Waals surface area contributed by atoms with Crippen LogP contribution < -0.4 is 15.2 Å². The van der Waals surface area contributed by atoms with Gasteiger partial charge >= 0.3 is 5.97 Å². The largest absolute Gasteiger partial charge is 0.508 e. The Morgan fingerprint density at radius 2 is 1.63 bits per heavy atom. The van der Waals surface area contributed by atoms with Crippen molar-refractivity contribution in [3.05, 3.63) is 89.5 Å². The van der Waals surface area contributed by atoms with Crippen LogP contribution in [0.1, 0.15) is 29.7 Å². The molecule has 3 N–H and O–H groups in total. The lowest BCUT2D eigenvalue weighted by Crippen LogP contribution is -2.38. The van der Waals surface area contributed by atoms with Crippen molar-refractivity contribution >= 4 is 28.6 Å². The summed E-state index contributed by atoms with van der Waals surface area (Å²) in [4.78, 5) is 38.7. The van der Waals surface area contributed by atoms with Gasteiger partial charge in [0.05, 0.1) is 0 Å². The van der Waals surface area contributed by atoms with Gasteiger partial charge in [0, 0.05) is 18.6 Å². The fraction of sp³-hybridized carbons (Fsp3) is 0.276. The number of thioether (sulfide) groups is 1. The van der Waals surface area contributed by atoms with Gasteiger partial charge in [0.2, 0.25) is 6.79 Å². The lowest BCUT2D eigenvalue weighted by molar-refractivity contribution is -0.158. The van der Waals surface area contributed by atoms with E-state index in [0.29, 0.717) is 23.5 Å². The maximum atomic E-state index is 13.9. The van der Waals surface area contributed by atoms with Crippen molar-refractivity contribution in [2.45, 2.75) is 31.9 Å². The van der Waals surface area contributed by atoms with E-state index in [4.69, 9.17) is 19.9 Å². The minimum atomic E-state index is -1.19. The van der Waals surface area contributed by atoms with Crippen LogP contribution in [0.3, 0.4) is 0 Å². The van der Waals surface area contributed by atoms with E-state index in [1.807, 2.05) is 12.1 Å². The third-order valence-corrected chi connectivity index (χ3v) is 7.07. The topological polar surface area (TPSA) is 125 Å². The summed E-state index contributed by atoms with van der Waals surface area (Å²) in [6, 6.07) is 19.6. The summed E-state index contributed by atoms with van der Waals surface area (Å²) >= 11 is 1.05. The maximum absolute atomic E-state index is 13.9. The van der Waals surface area contributed by atoms with Crippen LogP contribution in [-0.2, 0) is 32.0 Å². The van der Waals surface area contributed by atoms with Gasteiger partial charge in [0.1, 0.15) is 11.8 Å². The number of carbonyl (C=O) groups excluding carboxylic acids is 3. The summed E-state index contributed by atoms with van der Waals surface area (Å²) in [5.41, 5.74) is 8.24. The molecule has 3 aromatic carbocycles. The SMILES string of the molecule is CC(=O)SC[C@@H](Cc1ccc2c(c1)OCO2)C(=O)C(OC(=O)C(N)Cc1ccc(O)cc1)c1ccccc1. The predicted octanol–water partition coefficient (Wildman–Crippen LogP) is 3.98. The number of phenols is 1. The Labute approximate surface area is 225 Å². The molecule has 1 aliphatic heterocycles. The molecule has 3 aromatic rings. The number of rotatable bonds is 11. The third kappa shape index (κ3) is 7.14. The highest BCUT2D eigenvalue weighted by atomic mass is 32.2. The molecule has 0 amide bonds. The third-order valence-electron chi connectivity index (χ3n) is 6.10. The minimum absolute atomic E-state index is 0.108. The molecule has 0 aromatic heterocycles. The highest BCUT2D eigenvalue weighted by Crippen LogP contribution is 2.34. The van der Waals surface area contributed by atoms with Crippen molar-refractivity contribution in [2.75, 3.05) is 12.5 Å². The highest BCUT2D eigenvalue weighted by Gasteiger charge is 2.33. The van der Waals surface area contributed by atoms with E-state index in [-0.39, 0.29) is 35.6 Å². The van der Waals surface area contributed by atoms with Crippen molar-refractivity contribution in [1.82, 2.24) is 0 Å². The van der Waals surface area contributed by atoms with Gasteiger partial charge in [0.25, 0.3) is 0 Å². The monoisotopic (exact) mass is 535 g/mol. The number of phenolic OH excluding ortho intramolecular Hbond substituents is 1. The normalized spacial score (nSPS) is 14.4. The minimum Gasteiger partial charge on any atom is -0.508 e. The zero-order chi connectivity index (χ0) is 27.1. The number of carbonyl (C=O) groups is 3. The summed E-state index contributed by atoms with van der Waals surface area (Å²) < 4.78 is 16.6. The second kappa shape index (κ2) is 12.6. The van der Waals surface area contributed by atoms with Crippen LogP contribution in [0.15, 0.2) is 72.8 Å². The molecular formula is C29H29NO7S. The second-order valence-electron chi connectivity index (χ2n) is 9.00. The molecule has 0 spiro atoms. The van der Waals surface area contributed by atoms with Gasteiger partial charge in [-0.15, -0.1) is 0 Å². The van der Waals surface area contributed by atoms with Crippen molar-refractivity contribution in [3.8, 4) is 17.2 Å². The summed E-state index contributed by atoms with van der Waals surface area (Å²) in [5, 5.41) is 9.38. The molecular weight excluding hydrogens is 506 g/mol. The molecule has 0 fully saturated rings. The van der Waals surface area contributed by atoms with E-state index in [0.717, 1.165) is 22.9 Å². The van der Waals surface area contributed by atoms with Gasteiger partial charge < -0.3 is 25.1 Å². The molecule has 198 valence electrons. The average Bonchev–Trinajstić information content (AvgIpc) is 3.39. The molecule has 1 heterocycles. The molecule has 0 aliphatic carbocycles. The Kier molecular flexibility index (Phi) is 9.04. The maximum Gasteiger partial charge on any atom is 0.324 e. The van der Waals surface area contributed by atoms with Gasteiger partial charge in [0.15, 0.2) is 28.5 Å². The predicted molar refractivity (Wildman–Crippen MR) is 143 cm³/mol. The fourth-order valence-electron chi connectivity index (χ4n) is 4.12. The fourth-order valence-corrected chi connectivity index (χ4v) is 4.84. The average molecular weight is 536 g/mol. The molecule has 0 saturated heterocycles. The number of aromatic hydroxyl groups is 1. The first-order chi connectivity index (χ1) is 18.3. The number of fused-ring (bicyclic) bond motifs is 1. The van der Waals surface area contributed by atoms with Gasteiger partial charge in [-0.25, -0.2) is 0 Å². The first-order valence-electron chi connectivity index (χ1n) is 12.1. The summed E-state index contributed by atoms with van der Waals surface area (Å²) in [6.45, 7) is 1.58. The molecule has 4 rings (SSSR count).